The maximum absolute atomic E-state index is 6.32. The van der Waals surface area contributed by atoms with Gasteiger partial charge in [0.05, 0.1) is 6.20 Å². The summed E-state index contributed by atoms with van der Waals surface area (Å²) in [4.78, 5) is 2.49. The van der Waals surface area contributed by atoms with E-state index in [-0.39, 0.29) is 11.9 Å². The van der Waals surface area contributed by atoms with Crippen LogP contribution in [0.4, 0.5) is 0 Å². The summed E-state index contributed by atoms with van der Waals surface area (Å²) in [5.74, 6) is 0. The Labute approximate surface area is 144 Å². The predicted molar refractivity (Wildman–Crippen MR) is 93.4 cm³/mol. The van der Waals surface area contributed by atoms with Crippen molar-refractivity contribution in [3.63, 3.8) is 0 Å². The number of piperidine rings is 1. The summed E-state index contributed by atoms with van der Waals surface area (Å²) >= 11 is 0. The minimum absolute atomic E-state index is 0.231. The highest BCUT2D eigenvalue weighted by Gasteiger charge is 2.39. The SMILES string of the molecule is COC(C)OC1(c2cnn(C)c2)CCN(Cc2ccccc2)CC1. The molecule has 5 nitrogen and oxygen atoms in total. The lowest BCUT2D eigenvalue weighted by Crippen LogP contribution is -2.45. The number of rotatable bonds is 6. The van der Waals surface area contributed by atoms with E-state index in [0.717, 1.165) is 38.0 Å². The van der Waals surface area contributed by atoms with Gasteiger partial charge in [-0.2, -0.15) is 5.10 Å². The third-order valence-corrected chi connectivity index (χ3v) is 4.87. The van der Waals surface area contributed by atoms with Gasteiger partial charge in [0.1, 0.15) is 5.60 Å². The van der Waals surface area contributed by atoms with E-state index in [4.69, 9.17) is 9.47 Å². The summed E-state index contributed by atoms with van der Waals surface area (Å²) in [5.41, 5.74) is 2.20. The highest BCUT2D eigenvalue weighted by atomic mass is 16.7. The number of hydrogen-bond acceptors (Lipinski definition) is 4. The van der Waals surface area contributed by atoms with E-state index in [0.29, 0.717) is 0 Å². The second-order valence-corrected chi connectivity index (χ2v) is 6.58. The highest BCUT2D eigenvalue weighted by Crippen LogP contribution is 2.38. The molecular formula is C19H27N3O2. The number of hydrogen-bond donors (Lipinski definition) is 0. The Bertz CT molecular complexity index is 633. The lowest BCUT2D eigenvalue weighted by molar-refractivity contribution is -0.210. The lowest BCUT2D eigenvalue weighted by atomic mass is 9.85. The number of ether oxygens (including phenoxy) is 2. The first-order valence-corrected chi connectivity index (χ1v) is 8.57. The molecule has 1 fully saturated rings. The van der Waals surface area contributed by atoms with Crippen LogP contribution in [0.25, 0.3) is 0 Å². The minimum Gasteiger partial charge on any atom is -0.356 e. The van der Waals surface area contributed by atoms with E-state index < -0.39 is 0 Å². The molecule has 1 aliphatic heterocycles. The number of methoxy groups -OCH3 is 1. The maximum atomic E-state index is 6.32. The summed E-state index contributed by atoms with van der Waals surface area (Å²) in [6.45, 7) is 4.94. The van der Waals surface area contributed by atoms with Crippen LogP contribution in [0.5, 0.6) is 0 Å². The number of aryl methyl sites for hydroxylation is 1. The molecule has 1 unspecified atom stereocenters. The van der Waals surface area contributed by atoms with Crippen LogP contribution in [0.3, 0.4) is 0 Å². The van der Waals surface area contributed by atoms with Crippen LogP contribution in [0, 0.1) is 0 Å². The predicted octanol–water partition coefficient (Wildman–Crippen LogP) is 2.92. The van der Waals surface area contributed by atoms with E-state index in [1.165, 1.54) is 5.56 Å². The molecule has 1 aliphatic rings. The molecule has 5 heteroatoms. The zero-order valence-electron chi connectivity index (χ0n) is 14.8. The van der Waals surface area contributed by atoms with Crippen LogP contribution >= 0.6 is 0 Å². The molecule has 130 valence electrons. The molecule has 1 aromatic carbocycles. The fourth-order valence-corrected chi connectivity index (χ4v) is 3.41. The first-order valence-electron chi connectivity index (χ1n) is 8.57. The van der Waals surface area contributed by atoms with Crippen molar-refractivity contribution in [2.75, 3.05) is 20.2 Å². The second kappa shape index (κ2) is 7.47. The number of aromatic nitrogens is 2. The summed E-state index contributed by atoms with van der Waals surface area (Å²) in [5, 5.41) is 4.34. The number of likely N-dealkylation sites (tertiary alicyclic amines) is 1. The monoisotopic (exact) mass is 329 g/mol. The maximum Gasteiger partial charge on any atom is 0.155 e. The summed E-state index contributed by atoms with van der Waals surface area (Å²) < 4.78 is 13.5. The molecule has 0 radical (unpaired) electrons. The van der Waals surface area contributed by atoms with Gasteiger partial charge in [0.2, 0.25) is 0 Å². The quantitative estimate of drug-likeness (QED) is 0.764. The number of benzene rings is 1. The second-order valence-electron chi connectivity index (χ2n) is 6.58. The average Bonchev–Trinajstić information content (AvgIpc) is 3.05. The van der Waals surface area contributed by atoms with Crippen molar-refractivity contribution in [3.05, 3.63) is 53.9 Å². The normalized spacial score (nSPS) is 19.3. The molecular weight excluding hydrogens is 302 g/mol. The third kappa shape index (κ3) is 3.86. The van der Waals surface area contributed by atoms with E-state index in [1.807, 2.05) is 24.9 Å². The molecule has 0 aliphatic carbocycles. The largest absolute Gasteiger partial charge is 0.356 e. The molecule has 2 heterocycles. The van der Waals surface area contributed by atoms with E-state index in [1.54, 1.807) is 7.11 Å². The van der Waals surface area contributed by atoms with Crippen LogP contribution in [0.1, 0.15) is 30.9 Å². The van der Waals surface area contributed by atoms with Gasteiger partial charge < -0.3 is 9.47 Å². The topological polar surface area (TPSA) is 39.5 Å². The fourth-order valence-electron chi connectivity index (χ4n) is 3.41. The Morgan fingerprint density at radius 2 is 1.92 bits per heavy atom. The standard InChI is InChI=1S/C19H27N3O2/c1-16(23-3)24-19(18-13-20-21(2)15-18)9-11-22(12-10-19)14-17-7-5-4-6-8-17/h4-8,13,15-16H,9-12,14H2,1-3H3. The molecule has 0 bridgehead atoms. The van der Waals surface area contributed by atoms with Crippen LogP contribution in [-0.4, -0.2) is 41.2 Å². The molecule has 0 saturated carbocycles. The highest BCUT2D eigenvalue weighted by molar-refractivity contribution is 5.18. The summed E-state index contributed by atoms with van der Waals surface area (Å²) in [7, 11) is 3.63. The molecule has 1 aromatic heterocycles. The van der Waals surface area contributed by atoms with Gasteiger partial charge in [-0.25, -0.2) is 0 Å². The van der Waals surface area contributed by atoms with Crippen LogP contribution in [0.15, 0.2) is 42.7 Å². The van der Waals surface area contributed by atoms with Crippen molar-refractivity contribution in [2.24, 2.45) is 7.05 Å². The fraction of sp³-hybridized carbons (Fsp3) is 0.526. The molecule has 24 heavy (non-hydrogen) atoms. The van der Waals surface area contributed by atoms with Crippen LogP contribution in [0.2, 0.25) is 0 Å². The van der Waals surface area contributed by atoms with Crippen molar-refractivity contribution in [2.45, 2.75) is 38.2 Å². The molecule has 0 spiro atoms. The van der Waals surface area contributed by atoms with Crippen molar-refractivity contribution >= 4 is 0 Å². The smallest absolute Gasteiger partial charge is 0.155 e. The van der Waals surface area contributed by atoms with E-state index in [2.05, 4.69) is 46.5 Å². The van der Waals surface area contributed by atoms with Crippen molar-refractivity contribution in [1.29, 1.82) is 0 Å². The van der Waals surface area contributed by atoms with Gasteiger partial charge in [0.25, 0.3) is 0 Å². The van der Waals surface area contributed by atoms with Gasteiger partial charge in [-0.3, -0.25) is 9.58 Å². The minimum atomic E-state index is -0.309. The van der Waals surface area contributed by atoms with E-state index >= 15 is 0 Å². The van der Waals surface area contributed by atoms with Gasteiger partial charge in [0, 0.05) is 45.6 Å². The van der Waals surface area contributed by atoms with Gasteiger partial charge in [-0.1, -0.05) is 30.3 Å². The van der Waals surface area contributed by atoms with Gasteiger partial charge in [0.15, 0.2) is 6.29 Å². The Morgan fingerprint density at radius 3 is 2.50 bits per heavy atom. The Kier molecular flexibility index (Phi) is 5.33. The van der Waals surface area contributed by atoms with Crippen LogP contribution in [-0.2, 0) is 28.7 Å². The van der Waals surface area contributed by atoms with E-state index in [9.17, 15) is 0 Å². The summed E-state index contributed by atoms with van der Waals surface area (Å²) in [6, 6.07) is 10.6. The Balaban J connectivity index is 1.70. The third-order valence-electron chi connectivity index (χ3n) is 4.87. The van der Waals surface area contributed by atoms with Gasteiger partial charge in [-0.15, -0.1) is 0 Å². The van der Waals surface area contributed by atoms with Crippen molar-refractivity contribution < 1.29 is 9.47 Å². The van der Waals surface area contributed by atoms with Crippen molar-refractivity contribution in [1.82, 2.24) is 14.7 Å². The first kappa shape index (κ1) is 17.1. The molecule has 3 rings (SSSR count). The lowest BCUT2D eigenvalue weighted by Gasteiger charge is -2.42. The number of nitrogens with zero attached hydrogens (tertiary/aromatic N) is 3. The van der Waals surface area contributed by atoms with Crippen LogP contribution < -0.4 is 0 Å². The molecule has 1 atom stereocenters. The molecule has 0 N–H and O–H groups in total. The Morgan fingerprint density at radius 1 is 1.21 bits per heavy atom. The Hall–Kier alpha value is -1.69. The summed E-state index contributed by atoms with van der Waals surface area (Å²) in [6.07, 6.45) is 5.65. The van der Waals surface area contributed by atoms with Crippen molar-refractivity contribution in [3.8, 4) is 0 Å². The average molecular weight is 329 g/mol. The van der Waals surface area contributed by atoms with Gasteiger partial charge >= 0.3 is 0 Å². The zero-order chi connectivity index (χ0) is 17.0. The molecule has 1 saturated heterocycles. The van der Waals surface area contributed by atoms with Gasteiger partial charge in [-0.05, 0) is 25.3 Å². The molecule has 0 amide bonds. The zero-order valence-corrected chi connectivity index (χ0v) is 14.8. The first-order chi connectivity index (χ1) is 11.6. The molecule has 2 aromatic rings.